The first-order valence-corrected chi connectivity index (χ1v) is 10.7. The van der Waals surface area contributed by atoms with E-state index in [-0.39, 0.29) is 34.0 Å². The van der Waals surface area contributed by atoms with Crippen molar-refractivity contribution >= 4 is 52.5 Å². The van der Waals surface area contributed by atoms with Crippen LogP contribution >= 0.6 is 34.8 Å². The normalized spacial score (nSPS) is 16.0. The van der Waals surface area contributed by atoms with E-state index >= 15 is 0 Å². The number of halogens is 3. The van der Waals surface area contributed by atoms with Crippen molar-refractivity contribution in [2.75, 3.05) is 17.6 Å². The summed E-state index contributed by atoms with van der Waals surface area (Å²) in [5, 5.41) is 11.9. The van der Waals surface area contributed by atoms with Crippen LogP contribution in [-0.4, -0.2) is 42.2 Å². The maximum atomic E-state index is 13.0. The van der Waals surface area contributed by atoms with Gasteiger partial charge in [0.2, 0.25) is 5.95 Å². The van der Waals surface area contributed by atoms with E-state index in [1.807, 2.05) is 35.8 Å². The second-order valence-electron chi connectivity index (χ2n) is 7.14. The number of anilines is 2. The SMILES string of the molecule is Cc1nnc([C@H]2CCCN2C(=O)Nc2c(Cl)nc(N)nc2Cl)n1Cc1ccc(Cl)cc1. The van der Waals surface area contributed by atoms with Crippen molar-refractivity contribution in [3.05, 3.63) is 56.8 Å². The van der Waals surface area contributed by atoms with E-state index < -0.39 is 0 Å². The van der Waals surface area contributed by atoms with Gasteiger partial charge < -0.3 is 20.5 Å². The summed E-state index contributed by atoms with van der Waals surface area (Å²) in [5.74, 6) is 1.40. The standard InChI is InChI=1S/C19H19Cl3N8O/c1-10-27-28-17(30(10)9-11-4-6-12(20)7-5-11)13-3-2-8-29(13)19(31)24-14-15(21)25-18(23)26-16(14)22/h4-7,13H,2-3,8-9H2,1H3,(H,24,31)(H2,23,25,26)/t13-/m1/s1. The lowest BCUT2D eigenvalue weighted by Gasteiger charge is -2.25. The molecule has 1 atom stereocenters. The molecule has 0 spiro atoms. The zero-order valence-electron chi connectivity index (χ0n) is 16.5. The molecule has 9 nitrogen and oxygen atoms in total. The van der Waals surface area contributed by atoms with Gasteiger partial charge in [0.05, 0.1) is 12.6 Å². The van der Waals surface area contributed by atoms with Crippen LogP contribution in [0.25, 0.3) is 0 Å². The number of nitrogens with zero attached hydrogens (tertiary/aromatic N) is 6. The molecule has 1 aliphatic rings. The van der Waals surface area contributed by atoms with Gasteiger partial charge in [-0.15, -0.1) is 10.2 Å². The lowest BCUT2D eigenvalue weighted by Crippen LogP contribution is -2.36. The number of aromatic nitrogens is 5. The van der Waals surface area contributed by atoms with Crippen molar-refractivity contribution in [2.24, 2.45) is 0 Å². The van der Waals surface area contributed by atoms with Crippen LogP contribution in [0.4, 0.5) is 16.4 Å². The van der Waals surface area contributed by atoms with E-state index in [0.717, 1.165) is 24.2 Å². The van der Waals surface area contributed by atoms with Crippen LogP contribution in [-0.2, 0) is 6.54 Å². The van der Waals surface area contributed by atoms with Gasteiger partial charge in [0, 0.05) is 11.6 Å². The summed E-state index contributed by atoms with van der Waals surface area (Å²) in [6.07, 6.45) is 1.58. The monoisotopic (exact) mass is 480 g/mol. The minimum Gasteiger partial charge on any atom is -0.368 e. The van der Waals surface area contributed by atoms with E-state index in [1.165, 1.54) is 0 Å². The third-order valence-electron chi connectivity index (χ3n) is 5.10. The Hall–Kier alpha value is -2.62. The lowest BCUT2D eigenvalue weighted by molar-refractivity contribution is 0.204. The molecule has 4 rings (SSSR count). The van der Waals surface area contributed by atoms with Crippen molar-refractivity contribution in [3.8, 4) is 0 Å². The van der Waals surface area contributed by atoms with Crippen LogP contribution in [0.3, 0.4) is 0 Å². The van der Waals surface area contributed by atoms with Crippen LogP contribution in [0.1, 0.15) is 36.1 Å². The van der Waals surface area contributed by atoms with Crippen LogP contribution in [0.2, 0.25) is 15.3 Å². The number of amides is 2. The molecule has 1 aliphatic heterocycles. The highest BCUT2D eigenvalue weighted by atomic mass is 35.5. The van der Waals surface area contributed by atoms with E-state index in [1.54, 1.807) is 4.90 Å². The summed E-state index contributed by atoms with van der Waals surface area (Å²) in [5.41, 5.74) is 6.70. The summed E-state index contributed by atoms with van der Waals surface area (Å²) < 4.78 is 2.01. The summed E-state index contributed by atoms with van der Waals surface area (Å²) >= 11 is 18.2. The molecule has 3 N–H and O–H groups in total. The van der Waals surface area contributed by atoms with Gasteiger partial charge in [-0.3, -0.25) is 0 Å². The fraction of sp³-hybridized carbons (Fsp3) is 0.316. The zero-order valence-corrected chi connectivity index (χ0v) is 18.8. The molecule has 12 heteroatoms. The predicted molar refractivity (Wildman–Crippen MR) is 119 cm³/mol. The number of benzene rings is 1. The van der Waals surface area contributed by atoms with Crippen LogP contribution in [0.15, 0.2) is 24.3 Å². The van der Waals surface area contributed by atoms with Crippen molar-refractivity contribution in [2.45, 2.75) is 32.4 Å². The van der Waals surface area contributed by atoms with Gasteiger partial charge in [0.15, 0.2) is 16.1 Å². The first-order valence-electron chi connectivity index (χ1n) is 9.53. The molecule has 3 heterocycles. The Kier molecular flexibility index (Phi) is 6.17. The van der Waals surface area contributed by atoms with Crippen molar-refractivity contribution < 1.29 is 4.79 Å². The number of urea groups is 1. The molecule has 162 valence electrons. The van der Waals surface area contributed by atoms with Crippen LogP contribution < -0.4 is 11.1 Å². The number of nitrogen functional groups attached to an aromatic ring is 1. The molecule has 0 radical (unpaired) electrons. The largest absolute Gasteiger partial charge is 0.368 e. The molecule has 31 heavy (non-hydrogen) atoms. The van der Waals surface area contributed by atoms with Crippen molar-refractivity contribution in [1.82, 2.24) is 29.6 Å². The minimum absolute atomic E-state index is 0.0247. The first kappa shape index (κ1) is 21.6. The minimum atomic E-state index is -0.377. The van der Waals surface area contributed by atoms with Gasteiger partial charge in [0.1, 0.15) is 11.5 Å². The van der Waals surface area contributed by atoms with Crippen LogP contribution in [0, 0.1) is 6.92 Å². The summed E-state index contributed by atoms with van der Waals surface area (Å²) in [7, 11) is 0. The highest BCUT2D eigenvalue weighted by Gasteiger charge is 2.34. The van der Waals surface area contributed by atoms with E-state index in [9.17, 15) is 4.79 Å². The lowest BCUT2D eigenvalue weighted by atomic mass is 10.2. The fourth-order valence-electron chi connectivity index (χ4n) is 3.59. The molecule has 1 aromatic carbocycles. The highest BCUT2D eigenvalue weighted by Crippen LogP contribution is 2.34. The summed E-state index contributed by atoms with van der Waals surface area (Å²) in [6.45, 7) is 3.01. The number of carbonyl (C=O) groups is 1. The number of nitrogens with one attached hydrogen (secondary N) is 1. The third-order valence-corrected chi connectivity index (χ3v) is 5.90. The van der Waals surface area contributed by atoms with Crippen molar-refractivity contribution in [1.29, 1.82) is 0 Å². The average molecular weight is 482 g/mol. The van der Waals surface area contributed by atoms with Gasteiger partial charge in [0.25, 0.3) is 0 Å². The maximum Gasteiger partial charge on any atom is 0.322 e. The summed E-state index contributed by atoms with van der Waals surface area (Å²) in [4.78, 5) is 22.4. The van der Waals surface area contributed by atoms with E-state index in [0.29, 0.717) is 23.9 Å². The van der Waals surface area contributed by atoms with Gasteiger partial charge in [-0.25, -0.2) is 4.79 Å². The fourth-order valence-corrected chi connectivity index (χ4v) is 4.22. The molecular formula is C19H19Cl3N8O. The van der Waals surface area contributed by atoms with Crippen molar-refractivity contribution in [3.63, 3.8) is 0 Å². The topological polar surface area (TPSA) is 115 Å². The number of rotatable bonds is 4. The quantitative estimate of drug-likeness (QED) is 0.536. The Bertz CT molecular complexity index is 1090. The summed E-state index contributed by atoms with van der Waals surface area (Å²) in [6, 6.07) is 6.96. The second-order valence-corrected chi connectivity index (χ2v) is 8.29. The van der Waals surface area contributed by atoms with Gasteiger partial charge in [-0.05, 0) is 37.5 Å². The number of hydrogen-bond donors (Lipinski definition) is 2. The van der Waals surface area contributed by atoms with Gasteiger partial charge >= 0.3 is 6.03 Å². The van der Waals surface area contributed by atoms with Crippen LogP contribution in [0.5, 0.6) is 0 Å². The molecule has 1 saturated heterocycles. The first-order chi connectivity index (χ1) is 14.8. The highest BCUT2D eigenvalue weighted by molar-refractivity contribution is 6.38. The molecule has 0 unspecified atom stereocenters. The van der Waals surface area contributed by atoms with E-state index in [2.05, 4.69) is 25.5 Å². The second kappa shape index (κ2) is 8.86. The maximum absolute atomic E-state index is 13.0. The average Bonchev–Trinajstić information content (AvgIpc) is 3.33. The number of carbonyl (C=O) groups excluding carboxylic acids is 1. The molecule has 0 saturated carbocycles. The van der Waals surface area contributed by atoms with Gasteiger partial charge in [-0.1, -0.05) is 46.9 Å². The number of likely N-dealkylation sites (tertiary alicyclic amines) is 1. The van der Waals surface area contributed by atoms with E-state index in [4.69, 9.17) is 40.5 Å². The Balaban J connectivity index is 1.58. The Morgan fingerprint density at radius 1 is 1.16 bits per heavy atom. The molecular weight excluding hydrogens is 463 g/mol. The predicted octanol–water partition coefficient (Wildman–Crippen LogP) is 4.34. The number of aryl methyl sites for hydroxylation is 1. The molecule has 2 aromatic heterocycles. The molecule has 2 amide bonds. The molecule has 0 aliphatic carbocycles. The Labute approximate surface area is 193 Å². The molecule has 1 fully saturated rings. The van der Waals surface area contributed by atoms with Gasteiger partial charge in [-0.2, -0.15) is 9.97 Å². The third kappa shape index (κ3) is 4.53. The number of hydrogen-bond acceptors (Lipinski definition) is 6. The molecule has 3 aromatic rings. The number of nitrogens with two attached hydrogens (primary N) is 1. The Morgan fingerprint density at radius 3 is 2.52 bits per heavy atom. The Morgan fingerprint density at radius 2 is 1.84 bits per heavy atom. The smallest absolute Gasteiger partial charge is 0.322 e. The molecule has 0 bridgehead atoms. The zero-order chi connectivity index (χ0) is 22.1.